The van der Waals surface area contributed by atoms with Gasteiger partial charge in [-0.15, -0.1) is 0 Å². The van der Waals surface area contributed by atoms with Crippen LogP contribution in [0, 0.1) is 15.4 Å². The molecule has 0 atom stereocenters. The minimum Gasteiger partial charge on any atom is -0.369 e. The average molecular weight is 375 g/mol. The molecule has 0 saturated carbocycles. The lowest BCUT2D eigenvalue weighted by Gasteiger charge is -2.14. The first-order chi connectivity index (χ1) is 8.93. The van der Waals surface area contributed by atoms with Crippen molar-refractivity contribution >= 4 is 28.4 Å². The highest BCUT2D eigenvalue weighted by Gasteiger charge is 2.13. The zero-order valence-electron chi connectivity index (χ0n) is 12.8. The van der Waals surface area contributed by atoms with Crippen LogP contribution in [0.1, 0.15) is 52.6 Å². The van der Waals surface area contributed by atoms with Gasteiger partial charge in [-0.25, -0.2) is 9.97 Å². The molecular weight excluding hydrogens is 349 g/mol. The number of halogens is 1. The summed E-state index contributed by atoms with van der Waals surface area (Å²) in [6.07, 6.45) is 3.08. The summed E-state index contributed by atoms with van der Waals surface area (Å²) >= 11 is 2.38. The molecule has 0 aliphatic carbocycles. The summed E-state index contributed by atoms with van der Waals surface area (Å²) in [7, 11) is 0. The lowest BCUT2D eigenvalue weighted by Crippen LogP contribution is -2.13. The minimum atomic E-state index is 0.589. The van der Waals surface area contributed by atoms with Crippen LogP contribution >= 0.6 is 22.6 Å². The number of hydrogen-bond donors (Lipinski definition) is 1. The molecule has 1 heterocycles. The van der Waals surface area contributed by atoms with Crippen LogP contribution < -0.4 is 5.32 Å². The van der Waals surface area contributed by atoms with Crippen LogP contribution in [-0.4, -0.2) is 16.5 Å². The van der Waals surface area contributed by atoms with Crippen LogP contribution in [0.4, 0.5) is 5.82 Å². The van der Waals surface area contributed by atoms with E-state index in [4.69, 9.17) is 4.98 Å². The van der Waals surface area contributed by atoms with E-state index >= 15 is 0 Å². The standard InChI is InChI=1S/C15H26IN3/c1-6-7-17-15-14(16)12(8-10(2)3)18-13(19-15)9-11(4)5/h10-11H,6-9H2,1-5H3,(H,17,18,19). The Kier molecular flexibility index (Phi) is 7.04. The third-order valence-corrected chi connectivity index (χ3v) is 3.83. The van der Waals surface area contributed by atoms with E-state index in [2.05, 4.69) is 67.5 Å². The molecule has 0 spiro atoms. The first kappa shape index (κ1) is 16.7. The maximum atomic E-state index is 4.76. The predicted octanol–water partition coefficient (Wildman–Crippen LogP) is 4.30. The fourth-order valence-electron chi connectivity index (χ4n) is 1.88. The molecule has 0 saturated heterocycles. The minimum absolute atomic E-state index is 0.589. The smallest absolute Gasteiger partial charge is 0.143 e. The van der Waals surface area contributed by atoms with Crippen LogP contribution in [0.3, 0.4) is 0 Å². The maximum Gasteiger partial charge on any atom is 0.143 e. The molecule has 1 aromatic rings. The summed E-state index contributed by atoms with van der Waals surface area (Å²) < 4.78 is 1.19. The molecule has 1 rings (SSSR count). The van der Waals surface area contributed by atoms with E-state index in [1.165, 1.54) is 9.26 Å². The molecule has 108 valence electrons. The molecule has 0 radical (unpaired) electrons. The fourth-order valence-corrected chi connectivity index (χ4v) is 2.54. The van der Waals surface area contributed by atoms with Gasteiger partial charge in [-0.1, -0.05) is 34.6 Å². The fraction of sp³-hybridized carbons (Fsp3) is 0.733. The highest BCUT2D eigenvalue weighted by Crippen LogP contribution is 2.22. The number of aromatic nitrogens is 2. The third kappa shape index (κ3) is 5.63. The zero-order valence-corrected chi connectivity index (χ0v) is 14.9. The molecule has 0 bridgehead atoms. The lowest BCUT2D eigenvalue weighted by atomic mass is 10.1. The Hall–Kier alpha value is -0.390. The van der Waals surface area contributed by atoms with Gasteiger partial charge in [0.25, 0.3) is 0 Å². The molecular formula is C15H26IN3. The van der Waals surface area contributed by atoms with E-state index in [9.17, 15) is 0 Å². The van der Waals surface area contributed by atoms with Gasteiger partial charge in [0.2, 0.25) is 0 Å². The summed E-state index contributed by atoms with van der Waals surface area (Å²) in [5.74, 6) is 3.20. The predicted molar refractivity (Wildman–Crippen MR) is 90.6 cm³/mol. The van der Waals surface area contributed by atoms with Crippen molar-refractivity contribution in [3.63, 3.8) is 0 Å². The molecule has 19 heavy (non-hydrogen) atoms. The van der Waals surface area contributed by atoms with Gasteiger partial charge in [0.05, 0.1) is 9.26 Å². The summed E-state index contributed by atoms with van der Waals surface area (Å²) in [6, 6.07) is 0. The number of hydrogen-bond acceptors (Lipinski definition) is 3. The van der Waals surface area contributed by atoms with Crippen molar-refractivity contribution in [2.45, 2.75) is 53.9 Å². The van der Waals surface area contributed by atoms with Crippen LogP contribution in [0.2, 0.25) is 0 Å². The molecule has 0 fully saturated rings. The van der Waals surface area contributed by atoms with E-state index in [0.717, 1.165) is 37.4 Å². The van der Waals surface area contributed by atoms with E-state index in [-0.39, 0.29) is 0 Å². The second-order valence-electron chi connectivity index (χ2n) is 5.87. The number of anilines is 1. The molecule has 3 nitrogen and oxygen atoms in total. The average Bonchev–Trinajstić information content (AvgIpc) is 2.30. The van der Waals surface area contributed by atoms with Gasteiger partial charge < -0.3 is 5.32 Å². The van der Waals surface area contributed by atoms with Crippen molar-refractivity contribution in [3.05, 3.63) is 15.1 Å². The van der Waals surface area contributed by atoms with E-state index in [1.54, 1.807) is 0 Å². The van der Waals surface area contributed by atoms with E-state index in [1.807, 2.05) is 0 Å². The van der Waals surface area contributed by atoms with Crippen molar-refractivity contribution < 1.29 is 0 Å². The summed E-state index contributed by atoms with van der Waals surface area (Å²) in [6.45, 7) is 12.0. The van der Waals surface area contributed by atoms with Crippen molar-refractivity contribution in [2.24, 2.45) is 11.8 Å². The number of rotatable bonds is 7. The highest BCUT2D eigenvalue weighted by molar-refractivity contribution is 14.1. The third-order valence-electron chi connectivity index (χ3n) is 2.70. The van der Waals surface area contributed by atoms with Crippen LogP contribution in [-0.2, 0) is 12.8 Å². The number of nitrogens with one attached hydrogen (secondary N) is 1. The second kappa shape index (κ2) is 8.02. The lowest BCUT2D eigenvalue weighted by molar-refractivity contribution is 0.599. The van der Waals surface area contributed by atoms with Gasteiger partial charge in [0, 0.05) is 13.0 Å². The van der Waals surface area contributed by atoms with Crippen molar-refractivity contribution in [2.75, 3.05) is 11.9 Å². The Morgan fingerprint density at radius 2 is 1.68 bits per heavy atom. The summed E-state index contributed by atoms with van der Waals surface area (Å²) in [5, 5.41) is 3.43. The molecule has 0 aromatic carbocycles. The van der Waals surface area contributed by atoms with Crippen LogP contribution in [0.5, 0.6) is 0 Å². The normalized spacial score (nSPS) is 11.4. The van der Waals surface area contributed by atoms with Crippen LogP contribution in [0.15, 0.2) is 0 Å². The van der Waals surface area contributed by atoms with Crippen molar-refractivity contribution in [1.29, 1.82) is 0 Å². The van der Waals surface area contributed by atoms with Gasteiger partial charge in [-0.3, -0.25) is 0 Å². The van der Waals surface area contributed by atoms with Crippen LogP contribution in [0.25, 0.3) is 0 Å². The first-order valence-corrected chi connectivity index (χ1v) is 8.31. The van der Waals surface area contributed by atoms with E-state index in [0.29, 0.717) is 11.8 Å². The van der Waals surface area contributed by atoms with Crippen molar-refractivity contribution in [3.8, 4) is 0 Å². The van der Waals surface area contributed by atoms with Gasteiger partial charge in [0.15, 0.2) is 0 Å². The SMILES string of the molecule is CCCNc1nc(CC(C)C)nc(CC(C)C)c1I. The summed E-state index contributed by atoms with van der Waals surface area (Å²) in [5.41, 5.74) is 1.19. The Labute approximate surface area is 131 Å². The van der Waals surface area contributed by atoms with Gasteiger partial charge >= 0.3 is 0 Å². The van der Waals surface area contributed by atoms with Gasteiger partial charge in [-0.2, -0.15) is 0 Å². The van der Waals surface area contributed by atoms with Crippen molar-refractivity contribution in [1.82, 2.24) is 9.97 Å². The maximum absolute atomic E-state index is 4.76. The second-order valence-corrected chi connectivity index (χ2v) is 6.95. The van der Waals surface area contributed by atoms with E-state index < -0.39 is 0 Å². The Balaban J connectivity index is 3.06. The quantitative estimate of drug-likeness (QED) is 0.722. The first-order valence-electron chi connectivity index (χ1n) is 7.23. The Bertz CT molecular complexity index is 403. The monoisotopic (exact) mass is 375 g/mol. The molecule has 0 unspecified atom stereocenters. The molecule has 4 heteroatoms. The molecule has 0 amide bonds. The zero-order chi connectivity index (χ0) is 14.4. The van der Waals surface area contributed by atoms with Gasteiger partial charge in [0.1, 0.15) is 11.6 Å². The highest BCUT2D eigenvalue weighted by atomic mass is 127. The molecule has 1 aromatic heterocycles. The Morgan fingerprint density at radius 3 is 2.21 bits per heavy atom. The molecule has 1 N–H and O–H groups in total. The number of nitrogens with zero attached hydrogens (tertiary/aromatic N) is 2. The Morgan fingerprint density at radius 1 is 1.05 bits per heavy atom. The largest absolute Gasteiger partial charge is 0.369 e. The summed E-state index contributed by atoms with van der Waals surface area (Å²) in [4.78, 5) is 9.45. The van der Waals surface area contributed by atoms with Gasteiger partial charge in [-0.05, 0) is 47.3 Å². The topological polar surface area (TPSA) is 37.8 Å². The molecule has 0 aliphatic heterocycles. The molecule has 0 aliphatic rings.